The molecule has 5 nitrogen and oxygen atoms in total. The van der Waals surface area contributed by atoms with Crippen LogP contribution in [0.3, 0.4) is 0 Å². The summed E-state index contributed by atoms with van der Waals surface area (Å²) in [5, 5.41) is 6.37. The highest BCUT2D eigenvalue weighted by molar-refractivity contribution is 6.00. The Hall–Kier alpha value is -5.34. The van der Waals surface area contributed by atoms with Crippen molar-refractivity contribution in [3.05, 3.63) is 154 Å². The first-order valence-corrected chi connectivity index (χ1v) is 17.1. The number of carbonyl (C=O) groups is 2. The van der Waals surface area contributed by atoms with Crippen molar-refractivity contribution in [1.29, 1.82) is 0 Å². The maximum atomic E-state index is 13.7. The second kappa shape index (κ2) is 14.2. The van der Waals surface area contributed by atoms with E-state index in [1.165, 1.54) is 16.7 Å². The molecule has 2 amide bonds. The number of hydrogen-bond donors (Lipinski definition) is 2. The Balaban J connectivity index is 0.975. The second-order valence-electron chi connectivity index (χ2n) is 13.0. The molecule has 0 spiro atoms. The fraction of sp³-hybridized carbons (Fsp3) is 0.256. The van der Waals surface area contributed by atoms with Crippen molar-refractivity contribution in [3.63, 3.8) is 0 Å². The molecule has 48 heavy (non-hydrogen) atoms. The maximum Gasteiger partial charge on any atom is 0.255 e. The van der Waals surface area contributed by atoms with Crippen LogP contribution in [-0.2, 0) is 11.2 Å². The van der Waals surface area contributed by atoms with Crippen LogP contribution < -0.4 is 10.6 Å². The van der Waals surface area contributed by atoms with E-state index in [2.05, 4.69) is 88.9 Å². The average Bonchev–Trinajstić information content (AvgIpc) is 3.26. The van der Waals surface area contributed by atoms with E-state index in [1.807, 2.05) is 54.6 Å². The summed E-state index contributed by atoms with van der Waals surface area (Å²) in [6.07, 6.45) is 18.5. The minimum atomic E-state index is -0.207. The lowest BCUT2D eigenvalue weighted by atomic mass is 9.79. The number of nitrogens with zero attached hydrogens (tertiary/aromatic N) is 1. The molecular formula is C43H41N3O2. The molecule has 7 rings (SSSR count). The average molecular weight is 632 g/mol. The van der Waals surface area contributed by atoms with E-state index < -0.39 is 0 Å². The molecule has 0 aromatic heterocycles. The maximum absolute atomic E-state index is 13.7. The Morgan fingerprint density at radius 1 is 0.958 bits per heavy atom. The van der Waals surface area contributed by atoms with E-state index in [9.17, 15) is 9.59 Å². The van der Waals surface area contributed by atoms with E-state index in [0.29, 0.717) is 6.54 Å². The summed E-state index contributed by atoms with van der Waals surface area (Å²) in [6, 6.07) is 22.8. The number of rotatable bonds is 8. The first-order valence-electron chi connectivity index (χ1n) is 17.1. The fourth-order valence-electron chi connectivity index (χ4n) is 7.41. The highest BCUT2D eigenvalue weighted by Crippen LogP contribution is 2.39. The van der Waals surface area contributed by atoms with Crippen LogP contribution in [0.2, 0.25) is 0 Å². The number of fused-ring (bicyclic) bond motifs is 3. The molecule has 240 valence electrons. The first kappa shape index (κ1) is 31.3. The SMILES string of the molecule is Cc1ccc2c(c1)Cc1c(C(=O)NC3=CCC=C(N4CCC(C(C(=O)NCC5=CC=CCC#C5)c5ccccc5)CC4)C=C3)cccc1-2. The third-order valence-electron chi connectivity index (χ3n) is 9.87. The number of carbonyl (C=O) groups excluding carboxylic acids is 2. The molecule has 3 aliphatic carbocycles. The van der Waals surface area contributed by atoms with Gasteiger partial charge in [0.25, 0.3) is 5.91 Å². The van der Waals surface area contributed by atoms with Crippen LogP contribution in [0, 0.1) is 24.7 Å². The van der Waals surface area contributed by atoms with E-state index in [0.717, 1.165) is 84.4 Å². The second-order valence-corrected chi connectivity index (χ2v) is 13.0. The molecule has 4 aliphatic rings. The zero-order valence-electron chi connectivity index (χ0n) is 27.5. The van der Waals surface area contributed by atoms with Gasteiger partial charge in [0.15, 0.2) is 0 Å². The van der Waals surface area contributed by atoms with Crippen molar-refractivity contribution in [2.45, 2.75) is 44.9 Å². The van der Waals surface area contributed by atoms with Crippen molar-refractivity contribution < 1.29 is 9.59 Å². The lowest BCUT2D eigenvalue weighted by Gasteiger charge is -2.37. The molecule has 1 atom stereocenters. The molecule has 1 fully saturated rings. The van der Waals surface area contributed by atoms with E-state index in [1.54, 1.807) is 0 Å². The predicted octanol–water partition coefficient (Wildman–Crippen LogP) is 7.53. The van der Waals surface area contributed by atoms with Gasteiger partial charge in [0.1, 0.15) is 0 Å². The minimum Gasteiger partial charge on any atom is -0.372 e. The van der Waals surface area contributed by atoms with E-state index >= 15 is 0 Å². The molecule has 1 aliphatic heterocycles. The highest BCUT2D eigenvalue weighted by atomic mass is 16.2. The molecule has 1 heterocycles. The summed E-state index contributed by atoms with van der Waals surface area (Å²) in [6.45, 7) is 4.30. The van der Waals surface area contributed by atoms with Crippen LogP contribution in [-0.4, -0.2) is 36.3 Å². The largest absolute Gasteiger partial charge is 0.372 e. The summed E-state index contributed by atoms with van der Waals surface area (Å²) in [5.74, 6) is 6.32. The van der Waals surface area contributed by atoms with E-state index in [-0.39, 0.29) is 23.7 Å². The Labute approximate surface area is 283 Å². The number of hydrogen-bond acceptors (Lipinski definition) is 3. The number of aryl methyl sites for hydroxylation is 1. The smallest absolute Gasteiger partial charge is 0.255 e. The van der Waals surface area contributed by atoms with Crippen LogP contribution >= 0.6 is 0 Å². The van der Waals surface area contributed by atoms with Gasteiger partial charge in [-0.2, -0.15) is 0 Å². The van der Waals surface area contributed by atoms with Crippen molar-refractivity contribution >= 4 is 11.8 Å². The third kappa shape index (κ3) is 6.85. The van der Waals surface area contributed by atoms with Crippen LogP contribution in [0.25, 0.3) is 11.1 Å². The summed E-state index contributed by atoms with van der Waals surface area (Å²) in [4.78, 5) is 29.6. The lowest BCUT2D eigenvalue weighted by Crippen LogP contribution is -2.40. The van der Waals surface area contributed by atoms with Crippen LogP contribution in [0.5, 0.6) is 0 Å². The molecule has 3 aromatic rings. The normalized spacial score (nSPS) is 17.4. The monoisotopic (exact) mass is 631 g/mol. The molecule has 5 heteroatoms. The van der Waals surface area contributed by atoms with Crippen LogP contribution in [0.4, 0.5) is 0 Å². The van der Waals surface area contributed by atoms with Gasteiger partial charge in [-0.05, 0) is 90.6 Å². The van der Waals surface area contributed by atoms with Crippen LogP contribution in [0.15, 0.2) is 126 Å². The van der Waals surface area contributed by atoms with Crippen molar-refractivity contribution in [2.75, 3.05) is 19.6 Å². The van der Waals surface area contributed by atoms with Gasteiger partial charge in [-0.25, -0.2) is 0 Å². The Morgan fingerprint density at radius 2 is 1.81 bits per heavy atom. The van der Waals surface area contributed by atoms with Gasteiger partial charge in [0.2, 0.25) is 5.91 Å². The fourth-order valence-corrected chi connectivity index (χ4v) is 7.41. The number of allylic oxidation sites excluding steroid dienone is 7. The highest BCUT2D eigenvalue weighted by Gasteiger charge is 2.33. The topological polar surface area (TPSA) is 61.4 Å². The predicted molar refractivity (Wildman–Crippen MR) is 193 cm³/mol. The van der Waals surface area contributed by atoms with Crippen molar-refractivity contribution in [3.8, 4) is 23.0 Å². The van der Waals surface area contributed by atoms with Gasteiger partial charge in [-0.1, -0.05) is 102 Å². The van der Waals surface area contributed by atoms with Gasteiger partial charge in [-0.3, -0.25) is 9.59 Å². The molecule has 1 unspecified atom stereocenters. The molecule has 1 saturated heterocycles. The zero-order valence-corrected chi connectivity index (χ0v) is 27.5. The summed E-state index contributed by atoms with van der Waals surface area (Å²) in [5.41, 5.74) is 10.7. The molecule has 2 N–H and O–H groups in total. The van der Waals surface area contributed by atoms with Gasteiger partial charge < -0.3 is 15.5 Å². The molecule has 0 saturated carbocycles. The summed E-state index contributed by atoms with van der Waals surface area (Å²) in [7, 11) is 0. The molecule has 0 radical (unpaired) electrons. The first-order chi connectivity index (χ1) is 23.5. The van der Waals surface area contributed by atoms with Gasteiger partial charge in [-0.15, -0.1) is 0 Å². The number of likely N-dealkylation sites (tertiary alicyclic amines) is 1. The van der Waals surface area contributed by atoms with E-state index in [4.69, 9.17) is 0 Å². The number of nitrogens with one attached hydrogen (secondary N) is 2. The summed E-state index contributed by atoms with van der Waals surface area (Å²) >= 11 is 0. The van der Waals surface area contributed by atoms with Crippen LogP contribution in [0.1, 0.15) is 64.2 Å². The molecule has 3 aromatic carbocycles. The Morgan fingerprint density at radius 3 is 2.67 bits per heavy atom. The standard InChI is InChI=1S/C43H41N3O2/c1-30-19-22-37-34(27-30)28-40-38(37)17-10-18-39(40)42(47)45-35-15-9-16-36(21-20-35)46-25-23-33(24-26-46)41(32-13-7-4-8-14-32)43(48)44-29-31-11-5-2-3-6-12-31/h2,4-5,7-8,10-11,13-22,27,33,41H,3,9,23-26,28-29H2,1H3,(H,44,48)(H,45,47). The van der Waals surface area contributed by atoms with Crippen molar-refractivity contribution in [2.24, 2.45) is 5.92 Å². The Kier molecular flexibility index (Phi) is 9.25. The lowest BCUT2D eigenvalue weighted by molar-refractivity contribution is -0.124. The number of benzene rings is 3. The summed E-state index contributed by atoms with van der Waals surface area (Å²) < 4.78 is 0. The van der Waals surface area contributed by atoms with Crippen molar-refractivity contribution in [1.82, 2.24) is 15.5 Å². The van der Waals surface area contributed by atoms with Gasteiger partial charge in [0.05, 0.1) is 12.5 Å². The van der Waals surface area contributed by atoms with Gasteiger partial charge >= 0.3 is 0 Å². The number of amides is 2. The quantitative estimate of drug-likeness (QED) is 0.198. The number of piperidine rings is 1. The minimum absolute atomic E-state index is 0.0665. The zero-order chi connectivity index (χ0) is 32.9. The third-order valence-corrected chi connectivity index (χ3v) is 9.87. The Bertz CT molecular complexity index is 1940. The molecular weight excluding hydrogens is 590 g/mol. The molecule has 0 bridgehead atoms. The van der Waals surface area contributed by atoms with Gasteiger partial charge in [0, 0.05) is 42.0 Å².